The van der Waals surface area contributed by atoms with Crippen molar-refractivity contribution in [2.45, 2.75) is 0 Å². The van der Waals surface area contributed by atoms with Crippen LogP contribution in [0.3, 0.4) is 0 Å². The van der Waals surface area contributed by atoms with Gasteiger partial charge in [-0.05, 0) is 12.1 Å². The minimum absolute atomic E-state index is 0. The third-order valence-electron chi connectivity index (χ3n) is 0.681. The Hall–Kier alpha value is 0.110. The molecular formula is C5H5AuNS+. The van der Waals surface area contributed by atoms with Gasteiger partial charge < -0.3 is 4.98 Å². The van der Waals surface area contributed by atoms with Gasteiger partial charge in [0.2, 0.25) is 0 Å². The normalized spacial score (nSPS) is 7.50. The van der Waals surface area contributed by atoms with Gasteiger partial charge in [-0.2, -0.15) is 0 Å². The Balaban J connectivity index is 0.000000490. The molecule has 0 saturated heterocycles. The van der Waals surface area contributed by atoms with Gasteiger partial charge in [0, 0.05) is 6.20 Å². The summed E-state index contributed by atoms with van der Waals surface area (Å²) in [5.41, 5.74) is 0. The summed E-state index contributed by atoms with van der Waals surface area (Å²) in [6, 6.07) is 5.64. The Bertz CT molecular complexity index is 178. The van der Waals surface area contributed by atoms with Crippen LogP contribution in [-0.2, 0) is 22.4 Å². The molecule has 3 heteroatoms. The van der Waals surface area contributed by atoms with Gasteiger partial charge in [0.15, 0.2) is 0 Å². The molecule has 1 aromatic rings. The molecule has 0 aliphatic rings. The molecule has 0 aromatic carbocycles. The molecule has 1 aromatic heterocycles. The third-order valence-corrected chi connectivity index (χ3v) is 0.934. The molecule has 0 unspecified atom stereocenters. The third kappa shape index (κ3) is 2.43. The van der Waals surface area contributed by atoms with Gasteiger partial charge in [-0.1, -0.05) is 18.3 Å². The van der Waals surface area contributed by atoms with E-state index >= 15 is 0 Å². The first-order valence-corrected chi connectivity index (χ1v) is 2.44. The van der Waals surface area contributed by atoms with Crippen molar-refractivity contribution in [3.8, 4) is 0 Å². The fourth-order valence-corrected chi connectivity index (χ4v) is 0.523. The second kappa shape index (κ2) is 4.04. The molecule has 0 saturated carbocycles. The van der Waals surface area contributed by atoms with E-state index in [1.165, 1.54) is 0 Å². The smallest absolute Gasteiger partial charge is 0.353 e. The van der Waals surface area contributed by atoms with Crippen LogP contribution in [0.15, 0.2) is 24.4 Å². The maximum atomic E-state index is 4.76. The predicted molar refractivity (Wildman–Crippen MR) is 31.6 cm³/mol. The van der Waals surface area contributed by atoms with Crippen LogP contribution >= 0.6 is 12.2 Å². The number of hydrogen-bond acceptors (Lipinski definition) is 1. The van der Waals surface area contributed by atoms with E-state index in [1.54, 1.807) is 0 Å². The van der Waals surface area contributed by atoms with Crippen molar-refractivity contribution in [2.75, 3.05) is 0 Å². The molecule has 1 N–H and O–H groups in total. The van der Waals surface area contributed by atoms with Crippen LogP contribution in [0.4, 0.5) is 0 Å². The Morgan fingerprint density at radius 2 is 2.12 bits per heavy atom. The maximum Gasteiger partial charge on any atom is 1.00 e. The van der Waals surface area contributed by atoms with E-state index in [4.69, 9.17) is 12.2 Å². The zero-order valence-electron chi connectivity index (χ0n) is 4.02. The SMILES string of the molecule is S=c1cccc[nH]1.[Au+]. The summed E-state index contributed by atoms with van der Waals surface area (Å²) < 4.78 is 0.780. The van der Waals surface area contributed by atoms with Crippen molar-refractivity contribution in [1.82, 2.24) is 4.98 Å². The predicted octanol–water partition coefficient (Wildman–Crippen LogP) is 1.74. The average molecular weight is 308 g/mol. The summed E-state index contributed by atoms with van der Waals surface area (Å²) in [7, 11) is 0. The number of H-pyrrole nitrogens is 1. The molecular weight excluding hydrogens is 303 g/mol. The van der Waals surface area contributed by atoms with Crippen molar-refractivity contribution in [2.24, 2.45) is 0 Å². The molecule has 0 aliphatic heterocycles. The number of hydrogen-bond donors (Lipinski definition) is 1. The minimum Gasteiger partial charge on any atom is -0.353 e. The van der Waals surface area contributed by atoms with Crippen LogP contribution in [0.2, 0.25) is 0 Å². The van der Waals surface area contributed by atoms with Crippen molar-refractivity contribution in [3.63, 3.8) is 0 Å². The molecule has 0 fully saturated rings. The van der Waals surface area contributed by atoms with E-state index in [1.807, 2.05) is 24.4 Å². The number of aromatic amines is 1. The Morgan fingerprint density at radius 1 is 1.38 bits per heavy atom. The number of nitrogens with one attached hydrogen (secondary N) is 1. The summed E-state index contributed by atoms with van der Waals surface area (Å²) in [6.07, 6.45) is 1.81. The van der Waals surface area contributed by atoms with Gasteiger partial charge in [0.1, 0.15) is 4.64 Å². The fourth-order valence-electron chi connectivity index (χ4n) is 0.377. The van der Waals surface area contributed by atoms with Crippen LogP contribution in [0.5, 0.6) is 0 Å². The van der Waals surface area contributed by atoms with Crippen molar-refractivity contribution >= 4 is 12.2 Å². The molecule has 0 spiro atoms. The number of pyridine rings is 1. The van der Waals surface area contributed by atoms with E-state index < -0.39 is 0 Å². The van der Waals surface area contributed by atoms with Crippen molar-refractivity contribution in [1.29, 1.82) is 0 Å². The molecule has 46 valence electrons. The van der Waals surface area contributed by atoms with E-state index in [0.717, 1.165) is 4.64 Å². The molecule has 1 rings (SSSR count). The number of aromatic nitrogens is 1. The van der Waals surface area contributed by atoms with Gasteiger partial charge >= 0.3 is 22.4 Å². The molecule has 0 amide bonds. The van der Waals surface area contributed by atoms with Crippen LogP contribution in [0.25, 0.3) is 0 Å². The van der Waals surface area contributed by atoms with Gasteiger partial charge in [-0.15, -0.1) is 0 Å². The van der Waals surface area contributed by atoms with Crippen LogP contribution < -0.4 is 0 Å². The number of rotatable bonds is 0. The summed E-state index contributed by atoms with van der Waals surface area (Å²) in [6.45, 7) is 0. The summed E-state index contributed by atoms with van der Waals surface area (Å²) in [5, 5.41) is 0. The zero-order valence-corrected chi connectivity index (χ0v) is 7.00. The molecule has 0 radical (unpaired) electrons. The second-order valence-corrected chi connectivity index (χ2v) is 1.67. The van der Waals surface area contributed by atoms with E-state index in [2.05, 4.69) is 4.98 Å². The van der Waals surface area contributed by atoms with E-state index in [-0.39, 0.29) is 22.4 Å². The van der Waals surface area contributed by atoms with Gasteiger partial charge in [0.05, 0.1) is 0 Å². The van der Waals surface area contributed by atoms with Crippen molar-refractivity contribution < 1.29 is 22.4 Å². The fraction of sp³-hybridized carbons (Fsp3) is 0. The molecule has 0 bridgehead atoms. The molecule has 0 aliphatic carbocycles. The molecule has 1 nitrogen and oxygen atoms in total. The first kappa shape index (κ1) is 8.11. The van der Waals surface area contributed by atoms with E-state index in [0.29, 0.717) is 0 Å². The summed E-state index contributed by atoms with van der Waals surface area (Å²) in [5.74, 6) is 0. The maximum absolute atomic E-state index is 4.76. The van der Waals surface area contributed by atoms with Crippen molar-refractivity contribution in [3.05, 3.63) is 29.0 Å². The van der Waals surface area contributed by atoms with E-state index in [9.17, 15) is 0 Å². The summed E-state index contributed by atoms with van der Waals surface area (Å²) in [4.78, 5) is 2.85. The van der Waals surface area contributed by atoms with Gasteiger partial charge in [-0.25, -0.2) is 0 Å². The minimum atomic E-state index is 0. The Morgan fingerprint density at radius 3 is 2.38 bits per heavy atom. The molecule has 8 heavy (non-hydrogen) atoms. The second-order valence-electron chi connectivity index (χ2n) is 1.23. The van der Waals surface area contributed by atoms with Crippen LogP contribution in [-0.4, -0.2) is 4.98 Å². The Kier molecular flexibility index (Phi) is 4.09. The monoisotopic (exact) mass is 308 g/mol. The first-order valence-electron chi connectivity index (χ1n) is 2.03. The van der Waals surface area contributed by atoms with Gasteiger partial charge in [-0.3, -0.25) is 0 Å². The Labute approximate surface area is 68.6 Å². The standard InChI is InChI=1S/C5H5NS.Au/c7-5-3-1-2-4-6-5;/h1-4H,(H,6,7);/q;+1. The largest absolute Gasteiger partial charge is 1.00 e. The van der Waals surface area contributed by atoms with Crippen LogP contribution in [0, 0.1) is 4.64 Å². The average Bonchev–Trinajstić information content (AvgIpc) is 1.69. The molecule has 0 atom stereocenters. The van der Waals surface area contributed by atoms with Crippen LogP contribution in [0.1, 0.15) is 0 Å². The topological polar surface area (TPSA) is 15.8 Å². The first-order chi connectivity index (χ1) is 3.39. The zero-order chi connectivity index (χ0) is 5.11. The quantitative estimate of drug-likeness (QED) is 0.570. The van der Waals surface area contributed by atoms with Gasteiger partial charge in [0.25, 0.3) is 0 Å². The summed E-state index contributed by atoms with van der Waals surface area (Å²) >= 11 is 4.76. The molecule has 1 heterocycles.